The van der Waals surface area contributed by atoms with Gasteiger partial charge in [0.05, 0.1) is 0 Å². The van der Waals surface area contributed by atoms with Crippen LogP contribution < -0.4 is 0 Å². The van der Waals surface area contributed by atoms with Crippen molar-refractivity contribution in [2.75, 3.05) is 0 Å². The first-order valence-corrected chi connectivity index (χ1v) is 9.16. The number of hydrogen-bond donors (Lipinski definition) is 0. The van der Waals surface area contributed by atoms with E-state index in [1.165, 1.54) is 33.2 Å². The predicted octanol–water partition coefficient (Wildman–Crippen LogP) is 5.31. The fraction of sp³-hybridized carbons (Fsp3) is 0.261. The van der Waals surface area contributed by atoms with Gasteiger partial charge in [-0.2, -0.15) is 0 Å². The Hall–Kier alpha value is -2.61. The summed E-state index contributed by atoms with van der Waals surface area (Å²) in [7, 11) is 0. The summed E-state index contributed by atoms with van der Waals surface area (Å²) in [5.74, 6) is 0.298. The average molecular weight is 327 g/mol. The van der Waals surface area contributed by atoms with Crippen LogP contribution in [-0.4, -0.2) is 10.4 Å². The van der Waals surface area contributed by atoms with E-state index in [4.69, 9.17) is 0 Å². The first kappa shape index (κ1) is 14.7. The first-order valence-electron chi connectivity index (χ1n) is 9.16. The molecule has 0 amide bonds. The summed E-state index contributed by atoms with van der Waals surface area (Å²) in [6.45, 7) is 2.94. The molecule has 0 aliphatic heterocycles. The molecule has 1 heterocycles. The zero-order valence-electron chi connectivity index (χ0n) is 14.5. The third-order valence-corrected chi connectivity index (χ3v) is 5.83. The van der Waals surface area contributed by atoms with Gasteiger partial charge in [0.15, 0.2) is 5.78 Å². The van der Waals surface area contributed by atoms with E-state index in [0.29, 0.717) is 5.78 Å². The smallest absolute Gasteiger partial charge is 0.166 e. The van der Waals surface area contributed by atoms with Crippen LogP contribution in [-0.2, 0) is 11.3 Å². The molecule has 5 rings (SSSR count). The lowest BCUT2D eigenvalue weighted by Crippen LogP contribution is -2.10. The zero-order valence-corrected chi connectivity index (χ0v) is 14.5. The third kappa shape index (κ3) is 2.13. The van der Waals surface area contributed by atoms with Crippen molar-refractivity contribution in [3.63, 3.8) is 0 Å². The minimum Gasteiger partial charge on any atom is -0.342 e. The van der Waals surface area contributed by atoms with Crippen molar-refractivity contribution < 1.29 is 4.79 Å². The zero-order chi connectivity index (χ0) is 17.0. The number of aromatic nitrogens is 1. The molecule has 0 spiro atoms. The Kier molecular flexibility index (Phi) is 3.21. The number of nitrogens with zero attached hydrogens (tertiary/aromatic N) is 1. The van der Waals surface area contributed by atoms with E-state index in [1.54, 1.807) is 0 Å². The fourth-order valence-electron chi connectivity index (χ4n) is 4.60. The normalized spacial score (nSPS) is 19.4. The van der Waals surface area contributed by atoms with Crippen molar-refractivity contribution in [1.82, 2.24) is 4.57 Å². The number of rotatable bonds is 2. The average Bonchev–Trinajstić information content (AvgIpc) is 3.24. The minimum absolute atomic E-state index is 0.0411. The SMILES string of the molecule is CC1C(=O)C2=C(CCC2)c2cn(Cc3ccccc3)c3cccc1c23. The fourth-order valence-corrected chi connectivity index (χ4v) is 4.60. The summed E-state index contributed by atoms with van der Waals surface area (Å²) in [4.78, 5) is 12.9. The molecule has 0 saturated carbocycles. The highest BCUT2D eigenvalue weighted by molar-refractivity contribution is 6.14. The molecule has 0 N–H and O–H groups in total. The minimum atomic E-state index is -0.0411. The Labute approximate surface area is 147 Å². The summed E-state index contributed by atoms with van der Waals surface area (Å²) in [6, 6.07) is 17.0. The van der Waals surface area contributed by atoms with E-state index in [0.717, 1.165) is 31.4 Å². The third-order valence-electron chi connectivity index (χ3n) is 5.83. The van der Waals surface area contributed by atoms with Gasteiger partial charge < -0.3 is 4.57 Å². The van der Waals surface area contributed by atoms with Crippen LogP contribution >= 0.6 is 0 Å². The number of carbonyl (C=O) groups excluding carboxylic acids is 1. The molecule has 0 radical (unpaired) electrons. The molecule has 2 heteroatoms. The van der Waals surface area contributed by atoms with E-state index < -0.39 is 0 Å². The molecule has 2 aliphatic carbocycles. The molecular weight excluding hydrogens is 306 g/mol. The first-order chi connectivity index (χ1) is 12.2. The predicted molar refractivity (Wildman–Crippen MR) is 102 cm³/mol. The molecule has 25 heavy (non-hydrogen) atoms. The van der Waals surface area contributed by atoms with E-state index in [1.807, 2.05) is 0 Å². The molecule has 2 nitrogen and oxygen atoms in total. The number of hydrogen-bond acceptors (Lipinski definition) is 1. The molecule has 2 aliphatic rings. The Balaban J connectivity index is 1.77. The van der Waals surface area contributed by atoms with Gasteiger partial charge in [-0.05, 0) is 47.6 Å². The maximum atomic E-state index is 12.9. The number of allylic oxidation sites excluding steroid dienone is 2. The number of benzene rings is 2. The van der Waals surface area contributed by atoms with Crippen LogP contribution in [0.2, 0.25) is 0 Å². The quantitative estimate of drug-likeness (QED) is 0.625. The maximum absolute atomic E-state index is 12.9. The van der Waals surface area contributed by atoms with Gasteiger partial charge in [0.2, 0.25) is 0 Å². The lowest BCUT2D eigenvalue weighted by atomic mass is 9.91. The number of ketones is 1. The highest BCUT2D eigenvalue weighted by atomic mass is 16.1. The molecule has 3 aromatic rings. The van der Waals surface area contributed by atoms with E-state index in [9.17, 15) is 4.79 Å². The largest absolute Gasteiger partial charge is 0.342 e. The van der Waals surface area contributed by atoms with Crippen molar-refractivity contribution in [2.45, 2.75) is 38.6 Å². The Bertz CT molecular complexity index is 1020. The molecule has 1 unspecified atom stereocenters. The van der Waals surface area contributed by atoms with Crippen LogP contribution in [0.15, 0.2) is 60.3 Å². The Morgan fingerprint density at radius 2 is 1.80 bits per heavy atom. The molecular formula is C23H21NO. The van der Waals surface area contributed by atoms with Crippen LogP contribution in [0.1, 0.15) is 48.8 Å². The van der Waals surface area contributed by atoms with Crippen molar-refractivity contribution in [1.29, 1.82) is 0 Å². The summed E-state index contributed by atoms with van der Waals surface area (Å²) in [5, 5.41) is 1.30. The molecule has 0 bridgehead atoms. The molecule has 0 saturated heterocycles. The Morgan fingerprint density at radius 3 is 2.64 bits per heavy atom. The highest BCUT2D eigenvalue weighted by Crippen LogP contribution is 2.45. The van der Waals surface area contributed by atoms with Gasteiger partial charge in [0, 0.05) is 35.1 Å². The number of fused-ring (bicyclic) bond motifs is 1. The highest BCUT2D eigenvalue weighted by Gasteiger charge is 2.33. The van der Waals surface area contributed by atoms with Crippen LogP contribution in [0.3, 0.4) is 0 Å². The lowest BCUT2D eigenvalue weighted by Gasteiger charge is -2.13. The second-order valence-corrected chi connectivity index (χ2v) is 7.29. The molecule has 1 atom stereocenters. The monoisotopic (exact) mass is 327 g/mol. The summed E-state index contributed by atoms with van der Waals surface area (Å²) in [6.07, 6.45) is 5.37. The van der Waals surface area contributed by atoms with Crippen molar-refractivity contribution in [2.24, 2.45) is 0 Å². The van der Waals surface area contributed by atoms with E-state index >= 15 is 0 Å². The molecule has 124 valence electrons. The van der Waals surface area contributed by atoms with Gasteiger partial charge in [-0.3, -0.25) is 4.79 Å². The van der Waals surface area contributed by atoms with Gasteiger partial charge in [-0.15, -0.1) is 0 Å². The van der Waals surface area contributed by atoms with Crippen LogP contribution in [0.25, 0.3) is 16.5 Å². The van der Waals surface area contributed by atoms with Crippen molar-refractivity contribution in [3.05, 3.63) is 77.0 Å². The Morgan fingerprint density at radius 1 is 1.00 bits per heavy atom. The summed E-state index contributed by atoms with van der Waals surface area (Å²) >= 11 is 0. The summed E-state index contributed by atoms with van der Waals surface area (Å²) < 4.78 is 2.36. The second kappa shape index (κ2) is 5.45. The lowest BCUT2D eigenvalue weighted by molar-refractivity contribution is -0.116. The second-order valence-electron chi connectivity index (χ2n) is 7.29. The van der Waals surface area contributed by atoms with Crippen LogP contribution in [0.5, 0.6) is 0 Å². The molecule has 0 fully saturated rings. The van der Waals surface area contributed by atoms with Crippen molar-refractivity contribution >= 4 is 22.3 Å². The van der Waals surface area contributed by atoms with E-state index in [2.05, 4.69) is 66.2 Å². The number of carbonyl (C=O) groups is 1. The number of Topliss-reactive ketones (excluding diaryl/α,β-unsaturated/α-hetero) is 1. The van der Waals surface area contributed by atoms with Crippen LogP contribution in [0, 0.1) is 0 Å². The van der Waals surface area contributed by atoms with Crippen LogP contribution in [0.4, 0.5) is 0 Å². The molecule has 1 aromatic heterocycles. The summed E-state index contributed by atoms with van der Waals surface area (Å²) in [5.41, 5.74) is 7.43. The van der Waals surface area contributed by atoms with Crippen molar-refractivity contribution in [3.8, 4) is 0 Å². The van der Waals surface area contributed by atoms with Gasteiger partial charge in [-0.1, -0.05) is 49.4 Å². The maximum Gasteiger partial charge on any atom is 0.166 e. The van der Waals surface area contributed by atoms with Gasteiger partial charge in [-0.25, -0.2) is 0 Å². The van der Waals surface area contributed by atoms with Gasteiger partial charge in [0.1, 0.15) is 0 Å². The van der Waals surface area contributed by atoms with E-state index in [-0.39, 0.29) is 5.92 Å². The van der Waals surface area contributed by atoms with Gasteiger partial charge >= 0.3 is 0 Å². The molecule has 2 aromatic carbocycles. The topological polar surface area (TPSA) is 22.0 Å². The standard InChI is InChI=1S/C23H21NO/c1-15-17-9-6-12-21-22(17)20(18-10-5-11-19(18)23(15)25)14-24(21)13-16-7-3-2-4-8-16/h2-4,6-9,12,14-15H,5,10-11,13H2,1H3. The van der Waals surface area contributed by atoms with Gasteiger partial charge in [0.25, 0.3) is 0 Å².